The van der Waals surface area contributed by atoms with E-state index in [1.165, 1.54) is 12.1 Å². The van der Waals surface area contributed by atoms with Gasteiger partial charge in [-0.05, 0) is 43.6 Å². The molecule has 3 atom stereocenters. The van der Waals surface area contributed by atoms with Gasteiger partial charge < -0.3 is 14.9 Å². The number of halogens is 1. The molecular formula is C17H25FN2O2. The minimum absolute atomic E-state index is 0.0149. The van der Waals surface area contributed by atoms with Gasteiger partial charge in [0.1, 0.15) is 5.82 Å². The third kappa shape index (κ3) is 4.05. The molecule has 0 saturated carbocycles. The fourth-order valence-corrected chi connectivity index (χ4v) is 3.24. The van der Waals surface area contributed by atoms with E-state index in [4.69, 9.17) is 0 Å². The summed E-state index contributed by atoms with van der Waals surface area (Å²) in [5.74, 6) is -0.0986. The van der Waals surface area contributed by atoms with Crippen LogP contribution in [-0.2, 0) is 4.79 Å². The van der Waals surface area contributed by atoms with Crippen molar-refractivity contribution in [3.63, 3.8) is 0 Å². The van der Waals surface area contributed by atoms with Crippen molar-refractivity contribution in [1.82, 2.24) is 9.80 Å². The molecule has 0 bridgehead atoms. The van der Waals surface area contributed by atoms with Gasteiger partial charge in [-0.15, -0.1) is 0 Å². The van der Waals surface area contributed by atoms with E-state index in [-0.39, 0.29) is 18.4 Å². The Hall–Kier alpha value is -1.46. The smallest absolute Gasteiger partial charge is 0.225 e. The van der Waals surface area contributed by atoms with E-state index < -0.39 is 11.9 Å². The molecule has 3 unspecified atom stereocenters. The summed E-state index contributed by atoms with van der Waals surface area (Å²) in [6, 6.07) is 5.98. The number of carbonyl (C=O) groups excluding carboxylic acids is 1. The quantitative estimate of drug-likeness (QED) is 0.926. The van der Waals surface area contributed by atoms with Crippen LogP contribution in [0.15, 0.2) is 24.3 Å². The molecule has 1 aliphatic rings. The molecule has 1 heterocycles. The summed E-state index contributed by atoms with van der Waals surface area (Å²) in [5, 5.41) is 10.1. The van der Waals surface area contributed by atoms with Gasteiger partial charge in [-0.25, -0.2) is 4.39 Å². The minimum Gasteiger partial charge on any atom is -0.388 e. The first-order valence-corrected chi connectivity index (χ1v) is 7.76. The van der Waals surface area contributed by atoms with Gasteiger partial charge in [0.15, 0.2) is 0 Å². The standard InChI is InChI=1S/C17H25FN2O2/c1-12-11-19(2)8-7-15(12)20(3)17(22)10-16(21)13-5-4-6-14(18)9-13/h4-6,9,12,15-16,21H,7-8,10-11H2,1-3H3. The number of aliphatic hydroxyl groups excluding tert-OH is 1. The van der Waals surface area contributed by atoms with Gasteiger partial charge in [0.2, 0.25) is 5.91 Å². The normalized spacial score (nSPS) is 24.0. The summed E-state index contributed by atoms with van der Waals surface area (Å²) in [6.45, 7) is 4.08. The van der Waals surface area contributed by atoms with Gasteiger partial charge in [-0.1, -0.05) is 19.1 Å². The molecule has 1 fully saturated rings. The molecule has 1 amide bonds. The molecule has 5 heteroatoms. The maximum Gasteiger partial charge on any atom is 0.225 e. The Kier molecular flexibility index (Phi) is 5.53. The molecule has 0 aromatic heterocycles. The van der Waals surface area contributed by atoms with Crippen molar-refractivity contribution in [2.75, 3.05) is 27.2 Å². The predicted molar refractivity (Wildman–Crippen MR) is 83.8 cm³/mol. The maximum absolute atomic E-state index is 13.2. The van der Waals surface area contributed by atoms with Crippen LogP contribution in [0.4, 0.5) is 4.39 Å². The van der Waals surface area contributed by atoms with Crippen molar-refractivity contribution in [1.29, 1.82) is 0 Å². The average Bonchev–Trinajstić information content (AvgIpc) is 2.46. The largest absolute Gasteiger partial charge is 0.388 e. The number of aliphatic hydroxyl groups is 1. The van der Waals surface area contributed by atoms with E-state index in [0.717, 1.165) is 19.5 Å². The third-order valence-electron chi connectivity index (χ3n) is 4.56. The second kappa shape index (κ2) is 7.20. The zero-order valence-corrected chi connectivity index (χ0v) is 13.5. The highest BCUT2D eigenvalue weighted by molar-refractivity contribution is 5.77. The van der Waals surface area contributed by atoms with Crippen LogP contribution in [-0.4, -0.2) is 54.0 Å². The van der Waals surface area contributed by atoms with Gasteiger partial charge in [0.05, 0.1) is 12.5 Å². The Labute approximate surface area is 131 Å². The molecule has 22 heavy (non-hydrogen) atoms. The van der Waals surface area contributed by atoms with E-state index in [0.29, 0.717) is 11.5 Å². The van der Waals surface area contributed by atoms with Crippen molar-refractivity contribution >= 4 is 5.91 Å². The highest BCUT2D eigenvalue weighted by Crippen LogP contribution is 2.23. The average molecular weight is 308 g/mol. The number of carbonyl (C=O) groups is 1. The van der Waals surface area contributed by atoms with Gasteiger partial charge in [0, 0.05) is 19.6 Å². The van der Waals surface area contributed by atoms with E-state index in [1.807, 2.05) is 0 Å². The van der Waals surface area contributed by atoms with Gasteiger partial charge in [-0.2, -0.15) is 0 Å². The SMILES string of the molecule is CC1CN(C)CCC1N(C)C(=O)CC(O)c1cccc(F)c1. The number of rotatable bonds is 4. The highest BCUT2D eigenvalue weighted by atomic mass is 19.1. The molecule has 1 aromatic carbocycles. The van der Waals surface area contributed by atoms with Crippen LogP contribution in [0.1, 0.15) is 31.4 Å². The number of nitrogens with zero attached hydrogens (tertiary/aromatic N) is 2. The molecule has 1 aromatic rings. The van der Waals surface area contributed by atoms with Gasteiger partial charge in [0.25, 0.3) is 0 Å². The predicted octanol–water partition coefficient (Wildman–Crippen LogP) is 2.05. The first-order valence-electron chi connectivity index (χ1n) is 7.76. The molecule has 4 nitrogen and oxygen atoms in total. The summed E-state index contributed by atoms with van der Waals surface area (Å²) in [5.41, 5.74) is 0.443. The summed E-state index contributed by atoms with van der Waals surface area (Å²) in [7, 11) is 3.88. The second-order valence-corrected chi connectivity index (χ2v) is 6.38. The summed E-state index contributed by atoms with van der Waals surface area (Å²) in [6.07, 6.45) is -0.0400. The monoisotopic (exact) mass is 308 g/mol. The zero-order chi connectivity index (χ0) is 16.3. The fraction of sp³-hybridized carbons (Fsp3) is 0.588. The van der Waals surface area contributed by atoms with E-state index in [1.54, 1.807) is 24.1 Å². The van der Waals surface area contributed by atoms with Crippen molar-refractivity contribution in [2.45, 2.75) is 31.9 Å². The number of amides is 1. The van der Waals surface area contributed by atoms with Gasteiger partial charge in [-0.3, -0.25) is 4.79 Å². The summed E-state index contributed by atoms with van der Waals surface area (Å²) < 4.78 is 13.2. The molecule has 122 valence electrons. The Morgan fingerprint density at radius 1 is 1.55 bits per heavy atom. The fourth-order valence-electron chi connectivity index (χ4n) is 3.24. The minimum atomic E-state index is -0.966. The number of hydrogen-bond acceptors (Lipinski definition) is 3. The van der Waals surface area contributed by atoms with Crippen LogP contribution in [0, 0.1) is 11.7 Å². The maximum atomic E-state index is 13.2. The Balaban J connectivity index is 1.96. The number of benzene rings is 1. The molecule has 1 saturated heterocycles. The molecule has 0 aliphatic carbocycles. The Bertz CT molecular complexity index is 523. The van der Waals surface area contributed by atoms with Crippen molar-refractivity contribution in [3.8, 4) is 0 Å². The zero-order valence-electron chi connectivity index (χ0n) is 13.5. The summed E-state index contributed by atoms with van der Waals surface area (Å²) >= 11 is 0. The lowest BCUT2D eigenvalue weighted by Crippen LogP contribution is -2.49. The third-order valence-corrected chi connectivity index (χ3v) is 4.56. The topological polar surface area (TPSA) is 43.8 Å². The van der Waals surface area contributed by atoms with Crippen LogP contribution in [0.5, 0.6) is 0 Å². The van der Waals surface area contributed by atoms with E-state index in [2.05, 4.69) is 18.9 Å². The lowest BCUT2D eigenvalue weighted by molar-refractivity contribution is -0.136. The number of hydrogen-bond donors (Lipinski definition) is 1. The molecule has 2 rings (SSSR count). The highest BCUT2D eigenvalue weighted by Gasteiger charge is 2.30. The first kappa shape index (κ1) is 16.9. The molecule has 1 aliphatic heterocycles. The van der Waals surface area contributed by atoms with Crippen molar-refractivity contribution < 1.29 is 14.3 Å². The molecule has 0 spiro atoms. The lowest BCUT2D eigenvalue weighted by atomic mass is 9.92. The number of likely N-dealkylation sites (tertiary alicyclic amines) is 1. The summed E-state index contributed by atoms with van der Waals surface area (Å²) in [4.78, 5) is 16.4. The van der Waals surface area contributed by atoms with Crippen molar-refractivity contribution in [3.05, 3.63) is 35.6 Å². The van der Waals surface area contributed by atoms with Crippen LogP contribution in [0.3, 0.4) is 0 Å². The second-order valence-electron chi connectivity index (χ2n) is 6.38. The van der Waals surface area contributed by atoms with Crippen LogP contribution in [0.2, 0.25) is 0 Å². The van der Waals surface area contributed by atoms with Crippen molar-refractivity contribution in [2.24, 2.45) is 5.92 Å². The Morgan fingerprint density at radius 3 is 2.91 bits per heavy atom. The van der Waals surface area contributed by atoms with Gasteiger partial charge >= 0.3 is 0 Å². The molecule has 0 radical (unpaired) electrons. The lowest BCUT2D eigenvalue weighted by Gasteiger charge is -2.40. The van der Waals surface area contributed by atoms with E-state index >= 15 is 0 Å². The van der Waals surface area contributed by atoms with E-state index in [9.17, 15) is 14.3 Å². The molecular weight excluding hydrogens is 283 g/mol. The number of piperidine rings is 1. The Morgan fingerprint density at radius 2 is 2.27 bits per heavy atom. The van der Waals surface area contributed by atoms with Crippen LogP contribution >= 0.6 is 0 Å². The first-order chi connectivity index (χ1) is 10.4. The van der Waals surface area contributed by atoms with Crippen LogP contribution in [0.25, 0.3) is 0 Å². The molecule has 1 N–H and O–H groups in total. The van der Waals surface area contributed by atoms with Crippen LogP contribution < -0.4 is 0 Å².